The van der Waals surface area contributed by atoms with E-state index in [1.54, 1.807) is 0 Å². The van der Waals surface area contributed by atoms with E-state index in [4.69, 9.17) is 10.2 Å². The van der Waals surface area contributed by atoms with Gasteiger partial charge in [-0.15, -0.1) is 0 Å². The van der Waals surface area contributed by atoms with Crippen LogP contribution in [0.1, 0.15) is 5.56 Å². The highest BCUT2D eigenvalue weighted by Crippen LogP contribution is 2.12. The second-order valence-corrected chi connectivity index (χ2v) is 3.76. The van der Waals surface area contributed by atoms with Gasteiger partial charge in [0.1, 0.15) is 0 Å². The van der Waals surface area contributed by atoms with Crippen molar-refractivity contribution in [2.75, 3.05) is 6.54 Å². The Morgan fingerprint density at radius 1 is 1.32 bits per heavy atom. The SMILES string of the molecule is O=C(Cc1ccc([N+](=O)[O-])cc1)NC[C@H](O)C(=O)O. The first-order valence-electron chi connectivity index (χ1n) is 5.31. The molecule has 102 valence electrons. The number of hydrogen-bond acceptors (Lipinski definition) is 5. The molecule has 8 nitrogen and oxygen atoms in total. The highest BCUT2D eigenvalue weighted by molar-refractivity contribution is 5.80. The number of carboxylic acids is 1. The fourth-order valence-corrected chi connectivity index (χ4v) is 1.28. The maximum atomic E-state index is 11.4. The Kier molecular flexibility index (Phi) is 4.95. The molecule has 0 saturated heterocycles. The predicted molar refractivity (Wildman–Crippen MR) is 63.5 cm³/mol. The number of nitro groups is 1. The highest BCUT2D eigenvalue weighted by atomic mass is 16.6. The standard InChI is InChI=1S/C11H12N2O6/c14-9(11(16)17)6-12-10(15)5-7-1-3-8(4-2-7)13(18)19/h1-4,9,14H,5-6H2,(H,12,15)(H,16,17)/t9-/m0/s1. The number of aliphatic hydroxyl groups excluding tert-OH is 1. The Bertz CT molecular complexity index is 484. The van der Waals surface area contributed by atoms with Crippen LogP contribution < -0.4 is 5.32 Å². The average molecular weight is 268 g/mol. The molecule has 0 aliphatic rings. The number of aliphatic hydroxyl groups is 1. The molecule has 8 heteroatoms. The lowest BCUT2D eigenvalue weighted by Crippen LogP contribution is -2.37. The van der Waals surface area contributed by atoms with Gasteiger partial charge in [-0.3, -0.25) is 14.9 Å². The van der Waals surface area contributed by atoms with Crippen molar-refractivity contribution in [3.63, 3.8) is 0 Å². The van der Waals surface area contributed by atoms with E-state index in [0.29, 0.717) is 5.56 Å². The second kappa shape index (κ2) is 6.45. The first kappa shape index (κ1) is 14.6. The van der Waals surface area contributed by atoms with Crippen LogP contribution >= 0.6 is 0 Å². The molecule has 0 unspecified atom stereocenters. The third-order valence-corrected chi connectivity index (χ3v) is 2.29. The molecule has 1 rings (SSSR count). The summed E-state index contributed by atoms with van der Waals surface area (Å²) in [5.74, 6) is -1.90. The Morgan fingerprint density at radius 2 is 1.89 bits per heavy atom. The summed E-state index contributed by atoms with van der Waals surface area (Å²) >= 11 is 0. The van der Waals surface area contributed by atoms with Gasteiger partial charge in [0.15, 0.2) is 6.10 Å². The van der Waals surface area contributed by atoms with E-state index in [0.717, 1.165) is 0 Å². The van der Waals surface area contributed by atoms with E-state index in [9.17, 15) is 19.7 Å². The summed E-state index contributed by atoms with van der Waals surface area (Å²) in [5.41, 5.74) is 0.471. The first-order chi connectivity index (χ1) is 8.90. The van der Waals surface area contributed by atoms with Crippen LogP contribution in [0.4, 0.5) is 5.69 Å². The molecule has 0 bridgehead atoms. The molecule has 0 fully saturated rings. The third-order valence-electron chi connectivity index (χ3n) is 2.29. The normalized spacial score (nSPS) is 11.6. The van der Waals surface area contributed by atoms with Crippen LogP contribution in [0.3, 0.4) is 0 Å². The summed E-state index contributed by atoms with van der Waals surface area (Å²) in [7, 11) is 0. The summed E-state index contributed by atoms with van der Waals surface area (Å²) < 4.78 is 0. The molecule has 0 aliphatic carbocycles. The molecule has 1 atom stereocenters. The zero-order valence-electron chi connectivity index (χ0n) is 9.78. The van der Waals surface area contributed by atoms with Crippen LogP contribution in [-0.4, -0.2) is 39.7 Å². The Morgan fingerprint density at radius 3 is 2.37 bits per heavy atom. The van der Waals surface area contributed by atoms with E-state index >= 15 is 0 Å². The van der Waals surface area contributed by atoms with Crippen molar-refractivity contribution in [1.82, 2.24) is 5.32 Å². The maximum Gasteiger partial charge on any atom is 0.334 e. The molecule has 3 N–H and O–H groups in total. The molecule has 0 spiro atoms. The van der Waals surface area contributed by atoms with Crippen LogP contribution in [-0.2, 0) is 16.0 Å². The number of nitro benzene ring substituents is 1. The van der Waals surface area contributed by atoms with Gasteiger partial charge in [0.2, 0.25) is 5.91 Å². The summed E-state index contributed by atoms with van der Waals surface area (Å²) in [4.78, 5) is 31.6. The number of carbonyl (C=O) groups excluding carboxylic acids is 1. The fraction of sp³-hybridized carbons (Fsp3) is 0.273. The van der Waals surface area contributed by atoms with E-state index in [-0.39, 0.29) is 18.7 Å². The quantitative estimate of drug-likeness (QED) is 0.479. The number of nitrogens with one attached hydrogen (secondary N) is 1. The Labute approximate surface area is 107 Å². The van der Waals surface area contributed by atoms with Gasteiger partial charge in [-0.25, -0.2) is 4.79 Å². The number of aliphatic carboxylic acids is 1. The number of amides is 1. The monoisotopic (exact) mass is 268 g/mol. The molecule has 1 amide bonds. The molecular formula is C11H12N2O6. The van der Waals surface area contributed by atoms with Crippen molar-refractivity contribution in [2.24, 2.45) is 0 Å². The van der Waals surface area contributed by atoms with Crippen LogP contribution in [0.5, 0.6) is 0 Å². The molecule has 0 saturated carbocycles. The van der Waals surface area contributed by atoms with Crippen molar-refractivity contribution < 1.29 is 24.7 Å². The molecule has 0 aromatic heterocycles. The van der Waals surface area contributed by atoms with Crippen molar-refractivity contribution in [3.05, 3.63) is 39.9 Å². The molecule has 0 heterocycles. The number of non-ortho nitro benzene ring substituents is 1. The molecule has 19 heavy (non-hydrogen) atoms. The second-order valence-electron chi connectivity index (χ2n) is 3.76. The number of nitrogens with zero attached hydrogens (tertiary/aromatic N) is 1. The van der Waals surface area contributed by atoms with Gasteiger partial charge in [-0.05, 0) is 5.56 Å². The molecule has 0 radical (unpaired) electrons. The van der Waals surface area contributed by atoms with Crippen molar-refractivity contribution in [1.29, 1.82) is 0 Å². The molecule has 1 aromatic carbocycles. The maximum absolute atomic E-state index is 11.4. The fourth-order valence-electron chi connectivity index (χ4n) is 1.28. The number of hydrogen-bond donors (Lipinski definition) is 3. The van der Waals surface area contributed by atoms with Gasteiger partial charge < -0.3 is 15.5 Å². The van der Waals surface area contributed by atoms with Gasteiger partial charge in [-0.1, -0.05) is 12.1 Å². The first-order valence-corrected chi connectivity index (χ1v) is 5.31. The summed E-state index contributed by atoms with van der Waals surface area (Å²) in [6.45, 7) is -0.388. The summed E-state index contributed by atoms with van der Waals surface area (Å²) in [6.07, 6.45) is -1.70. The van der Waals surface area contributed by atoms with Crippen molar-refractivity contribution >= 4 is 17.6 Å². The zero-order valence-corrected chi connectivity index (χ0v) is 9.78. The number of rotatable bonds is 6. The van der Waals surface area contributed by atoms with Gasteiger partial charge in [0, 0.05) is 12.1 Å². The lowest BCUT2D eigenvalue weighted by molar-refractivity contribution is -0.384. The smallest absolute Gasteiger partial charge is 0.334 e. The zero-order chi connectivity index (χ0) is 14.4. The van der Waals surface area contributed by atoms with Crippen LogP contribution in [0.15, 0.2) is 24.3 Å². The van der Waals surface area contributed by atoms with Gasteiger partial charge in [0.05, 0.1) is 17.9 Å². The van der Waals surface area contributed by atoms with E-state index in [2.05, 4.69) is 5.32 Å². The predicted octanol–water partition coefficient (Wildman–Crippen LogP) is -0.301. The average Bonchev–Trinajstić information content (AvgIpc) is 2.36. The molecular weight excluding hydrogens is 256 g/mol. The topological polar surface area (TPSA) is 130 Å². The van der Waals surface area contributed by atoms with Crippen LogP contribution in [0.2, 0.25) is 0 Å². The van der Waals surface area contributed by atoms with E-state index < -0.39 is 22.9 Å². The van der Waals surface area contributed by atoms with E-state index in [1.807, 2.05) is 0 Å². The lowest BCUT2D eigenvalue weighted by atomic mass is 10.1. The van der Waals surface area contributed by atoms with Gasteiger partial charge in [0.25, 0.3) is 5.69 Å². The molecule has 0 aliphatic heterocycles. The van der Waals surface area contributed by atoms with Crippen LogP contribution in [0, 0.1) is 10.1 Å². The minimum atomic E-state index is -1.65. The van der Waals surface area contributed by atoms with Crippen molar-refractivity contribution in [3.8, 4) is 0 Å². The number of carbonyl (C=O) groups is 2. The van der Waals surface area contributed by atoms with Gasteiger partial charge in [-0.2, -0.15) is 0 Å². The van der Waals surface area contributed by atoms with Gasteiger partial charge >= 0.3 is 5.97 Å². The largest absolute Gasteiger partial charge is 0.479 e. The number of carboxylic acid groups (broad SMARTS) is 1. The minimum Gasteiger partial charge on any atom is -0.479 e. The lowest BCUT2D eigenvalue weighted by Gasteiger charge is -2.07. The van der Waals surface area contributed by atoms with E-state index in [1.165, 1.54) is 24.3 Å². The summed E-state index contributed by atoms with van der Waals surface area (Å²) in [6, 6.07) is 5.42. The Hall–Kier alpha value is -2.48. The molecule has 1 aromatic rings. The minimum absolute atomic E-state index is 0.0513. The number of benzene rings is 1. The third kappa shape index (κ3) is 4.72. The Balaban J connectivity index is 2.48. The van der Waals surface area contributed by atoms with Crippen molar-refractivity contribution in [2.45, 2.75) is 12.5 Å². The highest BCUT2D eigenvalue weighted by Gasteiger charge is 2.14. The summed E-state index contributed by atoms with van der Waals surface area (Å²) in [5, 5.41) is 30.0. The van der Waals surface area contributed by atoms with Crippen LogP contribution in [0.25, 0.3) is 0 Å².